The topological polar surface area (TPSA) is 35.5 Å². The van der Waals surface area contributed by atoms with Crippen LogP contribution >= 0.6 is 8.25 Å². The quantitative estimate of drug-likeness (QED) is 0.106. The number of hydrogen-bond donors (Lipinski definition) is 0. The summed E-state index contributed by atoms with van der Waals surface area (Å²) in [5, 5.41) is 0. The average molecular weight is 463 g/mol. The number of hydrogen-bond acceptors (Lipinski definition) is 3. The lowest BCUT2D eigenvalue weighted by molar-refractivity contribution is 0.218. The lowest BCUT2D eigenvalue weighted by Crippen LogP contribution is -1.92. The number of unbranched alkanes of at least 4 members (excludes halogenated alkanes) is 18. The molecule has 0 unspecified atom stereocenters. The second kappa shape index (κ2) is 32.3. The van der Waals surface area contributed by atoms with E-state index < -0.39 is 8.25 Å². The van der Waals surface area contributed by atoms with Crippen LogP contribution in [0.5, 0.6) is 0 Å². The lowest BCUT2D eigenvalue weighted by Gasteiger charge is -2.06. The van der Waals surface area contributed by atoms with Crippen LogP contribution < -0.4 is 0 Å². The zero-order chi connectivity index (χ0) is 23.3. The SMILES string of the molecule is CCCCCCCCC.CCCCCCCCCO[PH](=O)OCCCCCCCCC. The van der Waals surface area contributed by atoms with Crippen LogP contribution in [0.4, 0.5) is 0 Å². The van der Waals surface area contributed by atoms with Gasteiger partial charge in [0.05, 0.1) is 13.2 Å². The fourth-order valence-electron chi connectivity index (χ4n) is 3.50. The van der Waals surface area contributed by atoms with Crippen molar-refractivity contribution < 1.29 is 13.6 Å². The highest BCUT2D eigenvalue weighted by Gasteiger charge is 2.00. The van der Waals surface area contributed by atoms with Crippen LogP contribution in [0.3, 0.4) is 0 Å². The van der Waals surface area contributed by atoms with E-state index in [9.17, 15) is 4.57 Å². The van der Waals surface area contributed by atoms with Gasteiger partial charge in [-0.25, -0.2) is 0 Å². The summed E-state index contributed by atoms with van der Waals surface area (Å²) < 4.78 is 22.0. The largest absolute Gasteiger partial charge is 0.319 e. The van der Waals surface area contributed by atoms with Crippen molar-refractivity contribution in [2.75, 3.05) is 13.2 Å². The molecule has 0 aromatic heterocycles. The van der Waals surface area contributed by atoms with E-state index >= 15 is 0 Å². The van der Waals surface area contributed by atoms with Gasteiger partial charge >= 0.3 is 8.25 Å². The Balaban J connectivity index is 0. The molecule has 0 aliphatic heterocycles. The molecule has 4 heteroatoms. The molecule has 0 N–H and O–H groups in total. The molecule has 0 bridgehead atoms. The fourth-order valence-corrected chi connectivity index (χ4v) is 4.21. The molecule has 31 heavy (non-hydrogen) atoms. The van der Waals surface area contributed by atoms with Crippen molar-refractivity contribution in [3.05, 3.63) is 0 Å². The van der Waals surface area contributed by atoms with Crippen molar-refractivity contribution in [1.82, 2.24) is 0 Å². The molecule has 0 aliphatic carbocycles. The molecule has 0 aromatic rings. The Labute approximate surface area is 197 Å². The monoisotopic (exact) mass is 462 g/mol. The van der Waals surface area contributed by atoms with Gasteiger partial charge in [0.25, 0.3) is 0 Å². The summed E-state index contributed by atoms with van der Waals surface area (Å²) >= 11 is 0. The van der Waals surface area contributed by atoms with E-state index in [4.69, 9.17) is 9.05 Å². The molecule has 0 amide bonds. The zero-order valence-electron chi connectivity index (χ0n) is 22.0. The highest BCUT2D eigenvalue weighted by atomic mass is 31.1. The Kier molecular flexibility index (Phi) is 34.8. The summed E-state index contributed by atoms with van der Waals surface area (Å²) in [6, 6.07) is 0. The normalized spacial score (nSPS) is 11.0. The van der Waals surface area contributed by atoms with Crippen LogP contribution in [0.25, 0.3) is 0 Å². The van der Waals surface area contributed by atoms with Gasteiger partial charge in [0.15, 0.2) is 0 Å². The molecule has 190 valence electrons. The van der Waals surface area contributed by atoms with E-state index in [1.807, 2.05) is 0 Å². The van der Waals surface area contributed by atoms with Crippen LogP contribution in [0.1, 0.15) is 163 Å². The fraction of sp³-hybridized carbons (Fsp3) is 1.00. The van der Waals surface area contributed by atoms with Crippen LogP contribution in [0.2, 0.25) is 0 Å². The lowest BCUT2D eigenvalue weighted by atomic mass is 10.1. The standard InChI is InChI=1S/C18H39O3P.C9H20/c1-3-5-7-9-11-13-15-17-20-22(19)21-18-16-14-12-10-8-6-4-2;1-3-5-7-9-8-6-4-2/h22H,3-18H2,1-2H3;3-9H2,1-2H3. The second-order valence-corrected chi connectivity index (χ2v) is 10.0. The van der Waals surface area contributed by atoms with Gasteiger partial charge in [-0.1, -0.05) is 150 Å². The van der Waals surface area contributed by atoms with Gasteiger partial charge in [-0.3, -0.25) is 4.57 Å². The van der Waals surface area contributed by atoms with Crippen molar-refractivity contribution in [2.45, 2.75) is 163 Å². The molecule has 3 nitrogen and oxygen atoms in total. The molecular weight excluding hydrogens is 403 g/mol. The summed E-state index contributed by atoms with van der Waals surface area (Å²) in [6.45, 7) is 10.2. The predicted octanol–water partition coefficient (Wildman–Crippen LogP) is 10.7. The van der Waals surface area contributed by atoms with E-state index in [0.717, 1.165) is 12.8 Å². The molecule has 0 rings (SSSR count). The molecule has 0 saturated heterocycles. The molecular formula is C27H59O3P. The molecule has 0 spiro atoms. The Morgan fingerprint density at radius 2 is 0.613 bits per heavy atom. The predicted molar refractivity (Wildman–Crippen MR) is 141 cm³/mol. The third kappa shape index (κ3) is 34.9. The Morgan fingerprint density at radius 1 is 0.387 bits per heavy atom. The third-order valence-electron chi connectivity index (χ3n) is 5.64. The van der Waals surface area contributed by atoms with Gasteiger partial charge in [0.2, 0.25) is 0 Å². The van der Waals surface area contributed by atoms with E-state index in [1.54, 1.807) is 0 Å². The van der Waals surface area contributed by atoms with Crippen molar-refractivity contribution >= 4 is 8.25 Å². The Hall–Kier alpha value is 0.150. The first-order valence-corrected chi connectivity index (χ1v) is 15.2. The molecule has 0 aliphatic rings. The van der Waals surface area contributed by atoms with Gasteiger partial charge in [-0.2, -0.15) is 0 Å². The Morgan fingerprint density at radius 3 is 0.871 bits per heavy atom. The maximum Gasteiger partial charge on any atom is 0.319 e. The summed E-state index contributed by atoms with van der Waals surface area (Å²) in [5.74, 6) is 0. The second-order valence-electron chi connectivity index (χ2n) is 8.96. The maximum atomic E-state index is 11.5. The first kappa shape index (κ1) is 33.3. The van der Waals surface area contributed by atoms with E-state index in [0.29, 0.717) is 13.2 Å². The minimum Gasteiger partial charge on any atom is -0.311 e. The van der Waals surface area contributed by atoms with Gasteiger partial charge in [0, 0.05) is 0 Å². The molecule has 0 radical (unpaired) electrons. The van der Waals surface area contributed by atoms with Crippen molar-refractivity contribution in [3.63, 3.8) is 0 Å². The highest BCUT2D eigenvalue weighted by Crippen LogP contribution is 2.25. The average Bonchev–Trinajstić information content (AvgIpc) is 2.78. The minimum atomic E-state index is -2.24. The van der Waals surface area contributed by atoms with E-state index in [2.05, 4.69) is 27.7 Å². The van der Waals surface area contributed by atoms with Crippen molar-refractivity contribution in [3.8, 4) is 0 Å². The smallest absolute Gasteiger partial charge is 0.311 e. The van der Waals surface area contributed by atoms with Gasteiger partial charge in [-0.05, 0) is 12.8 Å². The summed E-state index contributed by atoms with van der Waals surface area (Å²) in [5.41, 5.74) is 0. The van der Waals surface area contributed by atoms with Crippen molar-refractivity contribution in [1.29, 1.82) is 0 Å². The van der Waals surface area contributed by atoms with Gasteiger partial charge in [-0.15, -0.1) is 0 Å². The van der Waals surface area contributed by atoms with E-state index in [-0.39, 0.29) is 0 Å². The summed E-state index contributed by atoms with van der Waals surface area (Å²) in [6.07, 6.45) is 27.5. The highest BCUT2D eigenvalue weighted by molar-refractivity contribution is 7.33. The zero-order valence-corrected chi connectivity index (χ0v) is 23.0. The molecule has 0 saturated carbocycles. The van der Waals surface area contributed by atoms with Gasteiger partial charge < -0.3 is 9.05 Å². The Bertz CT molecular complexity index is 296. The first-order valence-electron chi connectivity index (χ1n) is 14.0. The summed E-state index contributed by atoms with van der Waals surface area (Å²) in [7, 11) is -2.24. The molecule has 0 heterocycles. The van der Waals surface area contributed by atoms with Crippen molar-refractivity contribution in [2.24, 2.45) is 0 Å². The summed E-state index contributed by atoms with van der Waals surface area (Å²) in [4.78, 5) is 0. The van der Waals surface area contributed by atoms with Crippen LogP contribution in [0, 0.1) is 0 Å². The molecule has 0 aromatic carbocycles. The van der Waals surface area contributed by atoms with E-state index in [1.165, 1.54) is 122 Å². The minimum absolute atomic E-state index is 0.586. The first-order chi connectivity index (χ1) is 15.2. The number of rotatable bonds is 24. The molecule has 0 atom stereocenters. The third-order valence-corrected chi connectivity index (χ3v) is 6.52. The molecule has 0 fully saturated rings. The van der Waals surface area contributed by atoms with Crippen LogP contribution in [0.15, 0.2) is 0 Å². The maximum absolute atomic E-state index is 11.5. The van der Waals surface area contributed by atoms with Crippen LogP contribution in [-0.4, -0.2) is 13.2 Å². The van der Waals surface area contributed by atoms with Crippen LogP contribution in [-0.2, 0) is 13.6 Å². The van der Waals surface area contributed by atoms with Gasteiger partial charge in [0.1, 0.15) is 0 Å².